The minimum Gasteiger partial charge on any atom is -0.347 e. The first-order valence-electron chi connectivity index (χ1n) is 5.41. The Morgan fingerprint density at radius 2 is 1.17 bits per heavy atom. The zero-order valence-electron chi connectivity index (χ0n) is 10.4. The van der Waals surface area contributed by atoms with Crippen LogP contribution in [-0.2, 0) is 50.0 Å². The van der Waals surface area contributed by atoms with Crippen LogP contribution in [0.4, 0.5) is 0 Å². The maximum absolute atomic E-state index is 11.1. The lowest BCUT2D eigenvalue weighted by Gasteiger charge is -2.37. The Balaban J connectivity index is 2.41. The van der Waals surface area contributed by atoms with Crippen molar-refractivity contribution in [3.63, 3.8) is 0 Å². The summed E-state index contributed by atoms with van der Waals surface area (Å²) in [6, 6.07) is 0. The molecule has 0 saturated carbocycles. The smallest absolute Gasteiger partial charge is 0.347 e. The maximum Gasteiger partial charge on any atom is 0.356 e. The van der Waals surface area contributed by atoms with Crippen molar-refractivity contribution in [3.8, 4) is 0 Å². The van der Waals surface area contributed by atoms with Crippen LogP contribution in [-0.4, -0.2) is 62.6 Å². The predicted molar refractivity (Wildman–Crippen MR) is 73.6 cm³/mol. The topological polar surface area (TPSA) is 149 Å². The fourth-order valence-corrected chi connectivity index (χ4v) is 4.27. The van der Waals surface area contributed by atoms with Crippen molar-refractivity contribution in [2.75, 3.05) is 6.61 Å². The molecule has 2 aliphatic heterocycles. The molecule has 0 N–H and O–H groups in total. The van der Waals surface area contributed by atoms with Crippen LogP contribution in [0.2, 0.25) is 0 Å². The molecule has 17 heteroatoms. The molecule has 11 nitrogen and oxygen atoms in total. The van der Waals surface area contributed by atoms with Gasteiger partial charge in [-0.15, -0.1) is 0 Å². The quantitative estimate of drug-likeness (QED) is 0.468. The SMILES string of the molecule is O=S(=O)(Cl)O[C@@H]1[C@H](OS(=O)(=O)Cl)[C@H]2OC[C@H](O2)[C@H]1OS(=O)(=O)Cl. The van der Waals surface area contributed by atoms with Gasteiger partial charge >= 0.3 is 28.0 Å². The Morgan fingerprint density at radius 1 is 0.739 bits per heavy atom. The second kappa shape index (κ2) is 6.68. The Kier molecular flexibility index (Phi) is 5.76. The molecule has 0 spiro atoms. The van der Waals surface area contributed by atoms with E-state index in [2.05, 4.69) is 12.5 Å². The Hall–Kier alpha value is 0.520. The van der Waals surface area contributed by atoms with Gasteiger partial charge in [-0.2, -0.15) is 25.3 Å². The van der Waals surface area contributed by atoms with Crippen molar-refractivity contribution < 1.29 is 47.3 Å². The average Bonchev–Trinajstić information content (AvgIpc) is 2.71. The van der Waals surface area contributed by atoms with Gasteiger partial charge in [0.2, 0.25) is 0 Å². The molecule has 2 aliphatic rings. The highest BCUT2D eigenvalue weighted by Crippen LogP contribution is 2.36. The normalized spacial score (nSPS) is 35.3. The van der Waals surface area contributed by atoms with Gasteiger partial charge in [0.1, 0.15) is 18.3 Å². The standard InChI is InChI=1S/C6H7Cl3O11S3/c7-21(10,11)18-3-2-1-16-6(17-2)5(20-23(9,14)15)4(3)19-22(8,12)13/h2-6H,1H2/t2-,3+,4-,5-,6-/m0/s1. The van der Waals surface area contributed by atoms with Crippen molar-refractivity contribution in [2.45, 2.75) is 30.7 Å². The van der Waals surface area contributed by atoms with Gasteiger partial charge in [-0.05, 0) is 0 Å². The molecule has 2 rings (SSSR count). The summed E-state index contributed by atoms with van der Waals surface area (Å²) in [4.78, 5) is 0. The summed E-state index contributed by atoms with van der Waals surface area (Å²) in [7, 11) is 0.868. The number of hydrogen-bond acceptors (Lipinski definition) is 11. The van der Waals surface area contributed by atoms with Gasteiger partial charge in [-0.25, -0.2) is 12.5 Å². The summed E-state index contributed by atoms with van der Waals surface area (Å²) in [5.74, 6) is 0. The van der Waals surface area contributed by atoms with Crippen molar-refractivity contribution in [1.29, 1.82) is 0 Å². The van der Waals surface area contributed by atoms with Crippen LogP contribution < -0.4 is 0 Å². The van der Waals surface area contributed by atoms with Gasteiger partial charge in [0.05, 0.1) is 6.61 Å². The van der Waals surface area contributed by atoms with Crippen LogP contribution in [0, 0.1) is 0 Å². The summed E-state index contributed by atoms with van der Waals surface area (Å²) in [5.41, 5.74) is 0. The van der Waals surface area contributed by atoms with Crippen LogP contribution in [0.1, 0.15) is 0 Å². The lowest BCUT2D eigenvalue weighted by atomic mass is 10.0. The van der Waals surface area contributed by atoms with Crippen LogP contribution in [0.5, 0.6) is 0 Å². The van der Waals surface area contributed by atoms with E-state index in [1.165, 1.54) is 0 Å². The summed E-state index contributed by atoms with van der Waals surface area (Å²) < 4.78 is 90.2. The predicted octanol–water partition coefficient (Wildman–Crippen LogP) is -0.652. The molecular weight excluding hydrogens is 451 g/mol. The molecule has 2 heterocycles. The minimum absolute atomic E-state index is 0.286. The second-order valence-corrected chi connectivity index (χ2v) is 10.6. The van der Waals surface area contributed by atoms with E-state index >= 15 is 0 Å². The Labute approximate surface area is 144 Å². The third kappa shape index (κ3) is 5.78. The van der Waals surface area contributed by atoms with Gasteiger partial charge in [0.25, 0.3) is 0 Å². The van der Waals surface area contributed by atoms with Crippen LogP contribution in [0.25, 0.3) is 0 Å². The van der Waals surface area contributed by atoms with E-state index < -0.39 is 58.7 Å². The first-order valence-corrected chi connectivity index (χ1v) is 12.1. The van der Waals surface area contributed by atoms with Gasteiger partial charge in [0, 0.05) is 32.0 Å². The Morgan fingerprint density at radius 3 is 1.65 bits per heavy atom. The van der Waals surface area contributed by atoms with E-state index in [9.17, 15) is 25.3 Å². The van der Waals surface area contributed by atoms with Crippen LogP contribution in [0.3, 0.4) is 0 Å². The number of hydrogen-bond donors (Lipinski definition) is 0. The van der Waals surface area contributed by atoms with Crippen LogP contribution >= 0.6 is 32.0 Å². The van der Waals surface area contributed by atoms with Gasteiger partial charge in [-0.3, -0.25) is 0 Å². The van der Waals surface area contributed by atoms with E-state index in [0.29, 0.717) is 0 Å². The van der Waals surface area contributed by atoms with E-state index in [1.54, 1.807) is 0 Å². The third-order valence-corrected chi connectivity index (χ3v) is 4.71. The van der Waals surface area contributed by atoms with Crippen molar-refractivity contribution in [2.24, 2.45) is 0 Å². The maximum atomic E-state index is 11.1. The molecule has 0 aromatic rings. The van der Waals surface area contributed by atoms with Gasteiger partial charge in [0.15, 0.2) is 12.4 Å². The highest BCUT2D eigenvalue weighted by molar-refractivity contribution is 8.10. The van der Waals surface area contributed by atoms with Crippen molar-refractivity contribution >= 4 is 60.0 Å². The fourth-order valence-electron chi connectivity index (χ4n) is 2.06. The minimum atomic E-state index is -4.69. The lowest BCUT2D eigenvalue weighted by molar-refractivity contribution is -0.205. The van der Waals surface area contributed by atoms with Gasteiger partial charge < -0.3 is 9.47 Å². The highest BCUT2D eigenvalue weighted by atomic mass is 35.7. The molecule has 0 aliphatic carbocycles. The van der Waals surface area contributed by atoms with E-state index in [4.69, 9.17) is 41.5 Å². The van der Waals surface area contributed by atoms with Crippen molar-refractivity contribution in [3.05, 3.63) is 0 Å². The molecule has 0 radical (unpaired) electrons. The average molecular weight is 458 g/mol. The number of halogens is 3. The molecule has 23 heavy (non-hydrogen) atoms. The largest absolute Gasteiger partial charge is 0.356 e. The van der Waals surface area contributed by atoms with E-state index in [-0.39, 0.29) is 6.61 Å². The summed E-state index contributed by atoms with van der Waals surface area (Å²) in [6.45, 7) is -0.286. The molecule has 0 aromatic carbocycles. The molecule has 0 amide bonds. The third-order valence-electron chi connectivity index (χ3n) is 2.69. The van der Waals surface area contributed by atoms with Crippen LogP contribution in [0.15, 0.2) is 0 Å². The summed E-state index contributed by atoms with van der Waals surface area (Å²) >= 11 is 0. The second-order valence-electron chi connectivity index (χ2n) is 4.24. The Bertz CT molecular complexity index is 713. The van der Waals surface area contributed by atoms with Gasteiger partial charge in [-0.1, -0.05) is 0 Å². The first-order chi connectivity index (χ1) is 10.3. The monoisotopic (exact) mass is 456 g/mol. The molecule has 2 bridgehead atoms. The summed E-state index contributed by atoms with van der Waals surface area (Å²) in [6.07, 6.45) is -8.00. The summed E-state index contributed by atoms with van der Waals surface area (Å²) in [5, 5.41) is 0. The number of rotatable bonds is 6. The number of ether oxygens (including phenoxy) is 2. The molecule has 2 saturated heterocycles. The van der Waals surface area contributed by atoms with Crippen molar-refractivity contribution in [1.82, 2.24) is 0 Å². The molecule has 0 unspecified atom stereocenters. The molecular formula is C6H7Cl3O11S3. The number of fused-ring (bicyclic) bond motifs is 2. The van der Waals surface area contributed by atoms with E-state index in [1.807, 2.05) is 0 Å². The highest BCUT2D eigenvalue weighted by Gasteiger charge is 2.56. The molecule has 136 valence electrons. The van der Waals surface area contributed by atoms with E-state index in [0.717, 1.165) is 0 Å². The molecule has 5 atom stereocenters. The zero-order valence-corrected chi connectivity index (χ0v) is 15.2. The first kappa shape index (κ1) is 19.8. The lowest BCUT2D eigenvalue weighted by Crippen LogP contribution is -2.57. The zero-order chi connectivity index (χ0) is 17.6. The molecule has 2 fully saturated rings. The fraction of sp³-hybridized carbons (Fsp3) is 1.00. The molecule has 0 aromatic heterocycles.